The molecular formula is C24H26ClN5O3. The van der Waals surface area contributed by atoms with Gasteiger partial charge in [-0.25, -0.2) is 9.97 Å². The van der Waals surface area contributed by atoms with E-state index in [1.165, 1.54) is 0 Å². The number of aromatic nitrogens is 2. The van der Waals surface area contributed by atoms with Gasteiger partial charge in [-0.1, -0.05) is 11.6 Å². The summed E-state index contributed by atoms with van der Waals surface area (Å²) in [6.07, 6.45) is 1.29. The molecule has 2 aromatic carbocycles. The molecule has 2 aliphatic heterocycles. The quantitative estimate of drug-likeness (QED) is 0.630. The fourth-order valence-corrected chi connectivity index (χ4v) is 4.73. The number of carbonyl (C=O) groups is 1. The maximum Gasteiger partial charge on any atom is 0.253 e. The van der Waals surface area contributed by atoms with E-state index in [2.05, 4.69) is 14.9 Å². The van der Waals surface area contributed by atoms with E-state index < -0.39 is 6.10 Å². The van der Waals surface area contributed by atoms with Crippen LogP contribution < -0.4 is 9.64 Å². The van der Waals surface area contributed by atoms with Crippen molar-refractivity contribution in [2.45, 2.75) is 12.1 Å². The molecule has 0 saturated carbocycles. The summed E-state index contributed by atoms with van der Waals surface area (Å²) in [4.78, 5) is 28.1. The molecule has 8 nitrogen and oxygen atoms in total. The average Bonchev–Trinajstić information content (AvgIpc) is 3.25. The first kappa shape index (κ1) is 21.9. The number of benzene rings is 2. The highest BCUT2D eigenvalue weighted by atomic mass is 35.5. The van der Waals surface area contributed by atoms with Gasteiger partial charge in [-0.05, 0) is 42.5 Å². The van der Waals surface area contributed by atoms with Gasteiger partial charge in [-0.3, -0.25) is 9.69 Å². The van der Waals surface area contributed by atoms with Crippen LogP contribution in [0.5, 0.6) is 5.75 Å². The third kappa shape index (κ3) is 4.46. The Morgan fingerprint density at radius 3 is 2.58 bits per heavy atom. The topological polar surface area (TPSA) is 82.0 Å². The average molecular weight is 468 g/mol. The summed E-state index contributed by atoms with van der Waals surface area (Å²) in [5.41, 5.74) is 1.49. The Hall–Kier alpha value is -2.94. The molecule has 2 fully saturated rings. The number of ether oxygens (including phenoxy) is 1. The van der Waals surface area contributed by atoms with Gasteiger partial charge in [0.1, 0.15) is 5.75 Å². The van der Waals surface area contributed by atoms with Crippen molar-refractivity contribution in [3.05, 3.63) is 59.2 Å². The molecule has 9 heteroatoms. The number of carbonyl (C=O) groups excluding carboxylic acids is 1. The van der Waals surface area contributed by atoms with Crippen LogP contribution in [0.3, 0.4) is 0 Å². The van der Waals surface area contributed by atoms with Crippen LogP contribution in [-0.2, 0) is 0 Å². The molecule has 0 unspecified atom stereocenters. The van der Waals surface area contributed by atoms with Crippen LogP contribution in [0.2, 0.25) is 5.02 Å². The van der Waals surface area contributed by atoms with Gasteiger partial charge in [0.15, 0.2) is 0 Å². The van der Waals surface area contributed by atoms with E-state index in [1.54, 1.807) is 37.6 Å². The Kier molecular flexibility index (Phi) is 6.05. The molecule has 33 heavy (non-hydrogen) atoms. The molecule has 0 spiro atoms. The highest BCUT2D eigenvalue weighted by Gasteiger charge is 2.38. The van der Waals surface area contributed by atoms with E-state index in [0.29, 0.717) is 55.8 Å². The van der Waals surface area contributed by atoms with E-state index >= 15 is 0 Å². The number of aliphatic hydroxyl groups is 1. The van der Waals surface area contributed by atoms with Crippen LogP contribution >= 0.6 is 11.6 Å². The Balaban J connectivity index is 1.22. The number of β-amino-alcohol motifs (C(OH)–C–C–N with tert-alkyl or cyclic N) is 1. The largest absolute Gasteiger partial charge is 0.497 e. The summed E-state index contributed by atoms with van der Waals surface area (Å²) in [5.74, 6) is 1.40. The fraction of sp³-hybridized carbons (Fsp3) is 0.375. The van der Waals surface area contributed by atoms with E-state index in [1.807, 2.05) is 28.0 Å². The lowest BCUT2D eigenvalue weighted by Crippen LogP contribution is -2.54. The second kappa shape index (κ2) is 9.13. The molecule has 0 aliphatic carbocycles. The van der Waals surface area contributed by atoms with Crippen molar-refractivity contribution in [3.63, 3.8) is 0 Å². The van der Waals surface area contributed by atoms with E-state index in [9.17, 15) is 9.90 Å². The second-order valence-corrected chi connectivity index (χ2v) is 8.91. The standard InChI is InChI=1S/C24H26ClN5O3/c1-33-19-6-7-20-17(12-19)13-26-24(27-20)30-14-21(22(31)15-30)28-8-10-29(11-9-28)23(32)16-2-4-18(25)5-3-16/h2-7,12-13,21-22,31H,8-11,14-15H2,1H3/t21-,22-/m0/s1. The minimum Gasteiger partial charge on any atom is -0.497 e. The van der Waals surface area contributed by atoms with Crippen molar-refractivity contribution in [1.82, 2.24) is 19.8 Å². The minimum atomic E-state index is -0.501. The third-order valence-corrected chi connectivity index (χ3v) is 6.73. The number of nitrogens with zero attached hydrogens (tertiary/aromatic N) is 5. The minimum absolute atomic E-state index is 0.0149. The second-order valence-electron chi connectivity index (χ2n) is 8.47. The summed E-state index contributed by atoms with van der Waals surface area (Å²) in [5, 5.41) is 12.3. The molecule has 1 aromatic heterocycles. The Labute approximate surface area is 197 Å². The number of amides is 1. The maximum atomic E-state index is 12.8. The number of halogens is 1. The van der Waals surface area contributed by atoms with Crippen molar-refractivity contribution in [3.8, 4) is 5.75 Å². The Morgan fingerprint density at radius 2 is 1.85 bits per heavy atom. The highest BCUT2D eigenvalue weighted by molar-refractivity contribution is 6.30. The zero-order valence-corrected chi connectivity index (χ0v) is 19.1. The van der Waals surface area contributed by atoms with Crippen LogP contribution in [0.25, 0.3) is 10.9 Å². The molecule has 0 radical (unpaired) electrons. The number of piperazine rings is 1. The molecule has 2 saturated heterocycles. The predicted octanol–water partition coefficient (Wildman–Crippen LogP) is 2.30. The number of hydrogen-bond acceptors (Lipinski definition) is 7. The maximum absolute atomic E-state index is 12.8. The lowest BCUT2D eigenvalue weighted by Gasteiger charge is -2.38. The molecule has 172 valence electrons. The SMILES string of the molecule is COc1ccc2nc(N3C[C@H](O)[C@@H](N4CCN(C(=O)c5ccc(Cl)cc5)CC4)C3)ncc2c1. The summed E-state index contributed by atoms with van der Waals surface area (Å²) >= 11 is 5.93. The first-order chi connectivity index (χ1) is 16.0. The summed E-state index contributed by atoms with van der Waals surface area (Å²) < 4.78 is 5.27. The molecule has 2 atom stereocenters. The fourth-order valence-electron chi connectivity index (χ4n) is 4.60. The molecule has 3 aromatic rings. The van der Waals surface area contributed by atoms with Crippen molar-refractivity contribution in [2.24, 2.45) is 0 Å². The number of fused-ring (bicyclic) bond motifs is 1. The monoisotopic (exact) mass is 467 g/mol. The van der Waals surface area contributed by atoms with Gasteiger partial charge in [-0.15, -0.1) is 0 Å². The summed E-state index contributed by atoms with van der Waals surface area (Å²) in [7, 11) is 1.63. The van der Waals surface area contributed by atoms with Gasteiger partial charge in [0.25, 0.3) is 5.91 Å². The molecular weight excluding hydrogens is 442 g/mol. The predicted molar refractivity (Wildman–Crippen MR) is 127 cm³/mol. The van der Waals surface area contributed by atoms with Gasteiger partial charge in [0, 0.05) is 61.4 Å². The van der Waals surface area contributed by atoms with Gasteiger partial charge in [-0.2, -0.15) is 0 Å². The molecule has 0 bridgehead atoms. The first-order valence-corrected chi connectivity index (χ1v) is 11.4. The van der Waals surface area contributed by atoms with E-state index in [4.69, 9.17) is 16.3 Å². The van der Waals surface area contributed by atoms with Crippen molar-refractivity contribution >= 4 is 34.4 Å². The lowest BCUT2D eigenvalue weighted by molar-refractivity contribution is 0.0376. The lowest BCUT2D eigenvalue weighted by atomic mass is 10.1. The van der Waals surface area contributed by atoms with Crippen molar-refractivity contribution in [2.75, 3.05) is 51.3 Å². The van der Waals surface area contributed by atoms with Gasteiger partial charge in [0.2, 0.25) is 5.95 Å². The number of methoxy groups -OCH3 is 1. The Bertz CT molecular complexity index is 1150. The van der Waals surface area contributed by atoms with E-state index in [-0.39, 0.29) is 11.9 Å². The normalized spacial score (nSPS) is 21.5. The third-order valence-electron chi connectivity index (χ3n) is 6.48. The van der Waals surface area contributed by atoms with Crippen LogP contribution in [0.15, 0.2) is 48.7 Å². The van der Waals surface area contributed by atoms with Crippen molar-refractivity contribution in [1.29, 1.82) is 0 Å². The molecule has 5 rings (SSSR count). The zero-order valence-electron chi connectivity index (χ0n) is 18.4. The first-order valence-electron chi connectivity index (χ1n) is 11.0. The van der Waals surface area contributed by atoms with Gasteiger partial charge in [0.05, 0.1) is 24.8 Å². The van der Waals surface area contributed by atoms with Gasteiger partial charge >= 0.3 is 0 Å². The van der Waals surface area contributed by atoms with Crippen LogP contribution in [-0.4, -0.2) is 89.3 Å². The summed E-state index contributed by atoms with van der Waals surface area (Å²) in [6, 6.07) is 12.7. The van der Waals surface area contributed by atoms with Crippen LogP contribution in [0.1, 0.15) is 10.4 Å². The molecule has 2 aliphatic rings. The number of anilines is 1. The van der Waals surface area contributed by atoms with Crippen molar-refractivity contribution < 1.29 is 14.6 Å². The zero-order chi connectivity index (χ0) is 22.9. The summed E-state index contributed by atoms with van der Waals surface area (Å²) in [6.45, 7) is 3.81. The number of aliphatic hydroxyl groups excluding tert-OH is 1. The highest BCUT2D eigenvalue weighted by Crippen LogP contribution is 2.25. The smallest absolute Gasteiger partial charge is 0.253 e. The number of hydrogen-bond donors (Lipinski definition) is 1. The Morgan fingerprint density at radius 1 is 1.09 bits per heavy atom. The molecule has 1 N–H and O–H groups in total. The molecule has 3 heterocycles. The van der Waals surface area contributed by atoms with E-state index in [0.717, 1.165) is 16.7 Å². The van der Waals surface area contributed by atoms with Gasteiger partial charge < -0.3 is 19.6 Å². The molecule has 1 amide bonds. The van der Waals surface area contributed by atoms with Crippen LogP contribution in [0, 0.1) is 0 Å². The van der Waals surface area contributed by atoms with Crippen LogP contribution in [0.4, 0.5) is 5.95 Å². The number of rotatable bonds is 4.